The molecule has 1 aromatic rings. The largest absolute Gasteiger partial charge is 0.485 e. The lowest BCUT2D eigenvalue weighted by Crippen LogP contribution is -2.71. The highest BCUT2D eigenvalue weighted by atomic mass is 32.2. The molecular weight excluding hydrogens is 408 g/mol. The topological polar surface area (TPSA) is 174 Å². The zero-order chi connectivity index (χ0) is 21.1. The SMILES string of the molecule is CO/N=C(\C(=O)N[C@@H]1C(=O)N2C(C(=O)O)=C(OCC(N)=O)CS[C@@H]12)c1ccco1. The van der Waals surface area contributed by atoms with Crippen LogP contribution >= 0.6 is 11.8 Å². The first kappa shape index (κ1) is 20.3. The number of hydrogen-bond donors (Lipinski definition) is 3. The Balaban J connectivity index is 1.77. The van der Waals surface area contributed by atoms with Crippen molar-refractivity contribution in [3.63, 3.8) is 0 Å². The number of amides is 3. The van der Waals surface area contributed by atoms with Gasteiger partial charge in [0.05, 0.1) is 12.0 Å². The highest BCUT2D eigenvalue weighted by Crippen LogP contribution is 2.40. The third-order valence-corrected chi connectivity index (χ3v) is 5.22. The monoisotopic (exact) mass is 424 g/mol. The summed E-state index contributed by atoms with van der Waals surface area (Å²) in [6, 6.07) is 2.06. The first-order valence-corrected chi connectivity index (χ1v) is 9.18. The Kier molecular flexibility index (Phi) is 5.77. The van der Waals surface area contributed by atoms with Crippen LogP contribution in [0, 0.1) is 0 Å². The molecular formula is C16H16N4O8S. The number of oxime groups is 1. The van der Waals surface area contributed by atoms with Gasteiger partial charge in [0.2, 0.25) is 5.71 Å². The number of rotatable bonds is 8. The van der Waals surface area contributed by atoms with E-state index in [0.29, 0.717) is 0 Å². The van der Waals surface area contributed by atoms with Gasteiger partial charge in [0, 0.05) is 0 Å². The van der Waals surface area contributed by atoms with Crippen LogP contribution in [0.15, 0.2) is 39.4 Å². The molecule has 3 heterocycles. The molecule has 3 rings (SSSR count). The lowest BCUT2D eigenvalue weighted by Gasteiger charge is -2.48. The lowest BCUT2D eigenvalue weighted by molar-refractivity contribution is -0.150. The molecule has 3 amide bonds. The fourth-order valence-corrected chi connectivity index (χ4v) is 4.05. The summed E-state index contributed by atoms with van der Waals surface area (Å²) in [5.74, 6) is -3.39. The molecule has 2 aliphatic rings. The molecule has 4 N–H and O–H groups in total. The molecule has 154 valence electrons. The number of nitrogens with zero attached hydrogens (tertiary/aromatic N) is 2. The van der Waals surface area contributed by atoms with E-state index in [0.717, 1.165) is 4.90 Å². The van der Waals surface area contributed by atoms with Gasteiger partial charge in [0.1, 0.15) is 24.3 Å². The number of carbonyl (C=O) groups excluding carboxylic acids is 3. The molecule has 2 aliphatic heterocycles. The number of primary amides is 1. The lowest BCUT2D eigenvalue weighted by atomic mass is 10.0. The van der Waals surface area contributed by atoms with Crippen LogP contribution in [0.4, 0.5) is 0 Å². The summed E-state index contributed by atoms with van der Waals surface area (Å²) < 4.78 is 10.3. The van der Waals surface area contributed by atoms with Gasteiger partial charge in [-0.3, -0.25) is 19.3 Å². The van der Waals surface area contributed by atoms with Crippen molar-refractivity contribution >= 4 is 41.2 Å². The molecule has 1 saturated heterocycles. The number of nitrogens with two attached hydrogens (primary N) is 1. The van der Waals surface area contributed by atoms with Gasteiger partial charge in [-0.15, -0.1) is 11.8 Å². The van der Waals surface area contributed by atoms with E-state index in [9.17, 15) is 24.3 Å². The second-order valence-electron chi connectivity index (χ2n) is 5.79. The fraction of sp³-hybridized carbons (Fsp3) is 0.312. The molecule has 0 spiro atoms. The van der Waals surface area contributed by atoms with Crippen LogP contribution in [-0.2, 0) is 28.8 Å². The zero-order valence-corrected chi connectivity index (χ0v) is 15.8. The highest BCUT2D eigenvalue weighted by Gasteiger charge is 2.55. The van der Waals surface area contributed by atoms with Gasteiger partial charge in [-0.1, -0.05) is 5.16 Å². The predicted octanol–water partition coefficient (Wildman–Crippen LogP) is -1.17. The van der Waals surface area contributed by atoms with Crippen LogP contribution in [0.1, 0.15) is 5.76 Å². The second kappa shape index (κ2) is 8.26. The maximum absolute atomic E-state index is 12.6. The van der Waals surface area contributed by atoms with E-state index in [2.05, 4.69) is 15.3 Å². The Bertz CT molecular complexity index is 910. The number of furan rings is 1. The summed E-state index contributed by atoms with van der Waals surface area (Å²) in [5.41, 5.74) is 4.44. The molecule has 1 fully saturated rings. The molecule has 0 aliphatic carbocycles. The molecule has 1 aromatic heterocycles. The molecule has 29 heavy (non-hydrogen) atoms. The number of fused-ring (bicyclic) bond motifs is 1. The summed E-state index contributed by atoms with van der Waals surface area (Å²) >= 11 is 1.17. The molecule has 0 unspecified atom stereocenters. The minimum atomic E-state index is -1.40. The third-order valence-electron chi connectivity index (χ3n) is 3.96. The molecule has 0 radical (unpaired) electrons. The number of nitrogens with one attached hydrogen (secondary N) is 1. The molecule has 13 heteroatoms. The second-order valence-corrected chi connectivity index (χ2v) is 6.90. The van der Waals surface area contributed by atoms with Crippen LogP contribution in [-0.4, -0.2) is 70.3 Å². The van der Waals surface area contributed by atoms with Crippen molar-refractivity contribution in [1.29, 1.82) is 0 Å². The van der Waals surface area contributed by atoms with Crippen molar-refractivity contribution in [2.75, 3.05) is 19.5 Å². The van der Waals surface area contributed by atoms with E-state index >= 15 is 0 Å². The van der Waals surface area contributed by atoms with E-state index in [-0.39, 0.29) is 28.7 Å². The van der Waals surface area contributed by atoms with Gasteiger partial charge in [0.15, 0.2) is 18.1 Å². The summed E-state index contributed by atoms with van der Waals surface area (Å²) in [5, 5.41) is 14.9. The average Bonchev–Trinajstić information content (AvgIpc) is 3.21. The van der Waals surface area contributed by atoms with Crippen LogP contribution in [0.5, 0.6) is 0 Å². The fourth-order valence-electron chi connectivity index (χ4n) is 2.77. The van der Waals surface area contributed by atoms with Crippen LogP contribution in [0.3, 0.4) is 0 Å². The molecule has 12 nitrogen and oxygen atoms in total. The van der Waals surface area contributed by atoms with Crippen molar-refractivity contribution in [2.45, 2.75) is 11.4 Å². The van der Waals surface area contributed by atoms with E-state index in [1.807, 2.05) is 0 Å². The third kappa shape index (κ3) is 3.89. The Labute approximate surface area is 167 Å². The van der Waals surface area contributed by atoms with Gasteiger partial charge in [-0.2, -0.15) is 0 Å². The van der Waals surface area contributed by atoms with E-state index in [4.69, 9.17) is 14.9 Å². The Morgan fingerprint density at radius 3 is 2.83 bits per heavy atom. The zero-order valence-electron chi connectivity index (χ0n) is 15.0. The van der Waals surface area contributed by atoms with Crippen molar-refractivity contribution in [1.82, 2.24) is 10.2 Å². The molecule has 2 atom stereocenters. The summed E-state index contributed by atoms with van der Waals surface area (Å²) in [7, 11) is 1.25. The standard InChI is InChI=1S/C16H16N4O8S/c1-26-19-10(7-3-2-4-27-7)13(22)18-11-14(23)20-12(16(24)25)8(6-29-15(11)20)28-5-9(17)21/h2-4,11,15H,5-6H2,1H3,(H2,17,21)(H,18,22)(H,24,25)/b19-10-/t11-,15+/m1/s1. The number of hydrogen-bond acceptors (Lipinski definition) is 9. The Morgan fingerprint density at radius 2 is 2.24 bits per heavy atom. The van der Waals surface area contributed by atoms with Gasteiger partial charge in [0.25, 0.3) is 17.7 Å². The maximum atomic E-state index is 12.6. The average molecular weight is 424 g/mol. The number of ether oxygens (including phenoxy) is 1. The smallest absolute Gasteiger partial charge is 0.356 e. The number of thioether (sulfide) groups is 1. The molecule has 0 saturated carbocycles. The number of aliphatic carboxylic acids is 1. The first-order valence-electron chi connectivity index (χ1n) is 8.13. The van der Waals surface area contributed by atoms with Crippen molar-refractivity contribution < 1.29 is 38.3 Å². The number of carboxylic acid groups (broad SMARTS) is 1. The van der Waals surface area contributed by atoms with E-state index < -0.39 is 41.7 Å². The summed E-state index contributed by atoms with van der Waals surface area (Å²) in [4.78, 5) is 53.3. The van der Waals surface area contributed by atoms with E-state index in [1.54, 1.807) is 6.07 Å². The summed E-state index contributed by atoms with van der Waals surface area (Å²) in [6.45, 7) is -0.514. The number of carbonyl (C=O) groups is 4. The first-order chi connectivity index (χ1) is 13.8. The minimum Gasteiger partial charge on any atom is -0.485 e. The predicted molar refractivity (Wildman–Crippen MR) is 97.1 cm³/mol. The van der Waals surface area contributed by atoms with Gasteiger partial charge in [-0.25, -0.2) is 4.79 Å². The van der Waals surface area contributed by atoms with Crippen LogP contribution < -0.4 is 11.1 Å². The van der Waals surface area contributed by atoms with Gasteiger partial charge >= 0.3 is 5.97 Å². The quantitative estimate of drug-likeness (QED) is 0.264. The number of carboxylic acids is 1. The number of β-lactam (4-membered cyclic amide) rings is 1. The van der Waals surface area contributed by atoms with Crippen LogP contribution in [0.2, 0.25) is 0 Å². The normalized spacial score (nSPS) is 21.2. The minimum absolute atomic E-state index is 0.0482. The summed E-state index contributed by atoms with van der Waals surface area (Å²) in [6.07, 6.45) is 1.35. The van der Waals surface area contributed by atoms with Gasteiger partial charge < -0.3 is 30.1 Å². The van der Waals surface area contributed by atoms with Crippen molar-refractivity contribution in [3.8, 4) is 0 Å². The molecule has 0 aromatic carbocycles. The van der Waals surface area contributed by atoms with Crippen LogP contribution in [0.25, 0.3) is 0 Å². The van der Waals surface area contributed by atoms with Gasteiger partial charge in [-0.05, 0) is 12.1 Å². The van der Waals surface area contributed by atoms with Crippen molar-refractivity contribution in [2.24, 2.45) is 10.9 Å². The molecule has 0 bridgehead atoms. The van der Waals surface area contributed by atoms with Crippen molar-refractivity contribution in [3.05, 3.63) is 35.6 Å². The van der Waals surface area contributed by atoms with E-state index in [1.165, 1.54) is 31.2 Å². The Hall–Kier alpha value is -3.48. The maximum Gasteiger partial charge on any atom is 0.356 e. The Morgan fingerprint density at radius 1 is 1.48 bits per heavy atom. The highest BCUT2D eigenvalue weighted by molar-refractivity contribution is 8.00.